The fourth-order valence-corrected chi connectivity index (χ4v) is 1.47. The Kier molecular flexibility index (Phi) is 2.48. The van der Waals surface area contributed by atoms with Gasteiger partial charge in [0.25, 0.3) is 0 Å². The second-order valence-electron chi connectivity index (χ2n) is 3.27. The van der Waals surface area contributed by atoms with Crippen LogP contribution in [0.15, 0.2) is 11.3 Å². The van der Waals surface area contributed by atoms with E-state index < -0.39 is 12.0 Å². The van der Waals surface area contributed by atoms with E-state index in [-0.39, 0.29) is 11.5 Å². The molecule has 1 atom stereocenters. The molecule has 1 aliphatic heterocycles. The SMILES string of the molecule is CC1=C(C(=O)O)[C@H](C)N(N)C(=N)N1C. The highest BCUT2D eigenvalue weighted by atomic mass is 16.4. The molecule has 0 unspecified atom stereocenters. The van der Waals surface area contributed by atoms with Crippen molar-refractivity contribution in [2.75, 3.05) is 7.05 Å². The molecular weight excluding hydrogens is 184 g/mol. The number of aliphatic carboxylic acids is 1. The molecule has 0 saturated carbocycles. The Morgan fingerprint density at radius 2 is 2.14 bits per heavy atom. The first-order valence-corrected chi connectivity index (χ1v) is 4.18. The first-order chi connectivity index (χ1) is 6.37. The molecule has 4 N–H and O–H groups in total. The van der Waals surface area contributed by atoms with Crippen LogP contribution >= 0.6 is 0 Å². The molecular formula is C8H14N4O2. The summed E-state index contributed by atoms with van der Waals surface area (Å²) in [6.45, 7) is 3.33. The quantitative estimate of drug-likeness (QED) is 0.507. The smallest absolute Gasteiger partial charge is 0.335 e. The Hall–Kier alpha value is -1.56. The number of rotatable bonds is 1. The Balaban J connectivity index is 3.24. The van der Waals surface area contributed by atoms with Crippen LogP contribution in [0.4, 0.5) is 0 Å². The second-order valence-corrected chi connectivity index (χ2v) is 3.27. The van der Waals surface area contributed by atoms with Crippen molar-refractivity contribution in [3.63, 3.8) is 0 Å². The van der Waals surface area contributed by atoms with Gasteiger partial charge in [-0.05, 0) is 13.8 Å². The van der Waals surface area contributed by atoms with Crippen LogP contribution in [0.3, 0.4) is 0 Å². The molecule has 1 rings (SSSR count). The number of hydrogen-bond donors (Lipinski definition) is 3. The third kappa shape index (κ3) is 1.33. The summed E-state index contributed by atoms with van der Waals surface area (Å²) in [6.07, 6.45) is 0. The fourth-order valence-electron chi connectivity index (χ4n) is 1.47. The molecule has 0 radical (unpaired) electrons. The average Bonchev–Trinajstić information content (AvgIpc) is 2.11. The zero-order chi connectivity index (χ0) is 11.0. The largest absolute Gasteiger partial charge is 0.478 e. The summed E-state index contributed by atoms with van der Waals surface area (Å²) in [5.74, 6) is 4.67. The number of carboxylic acid groups (broad SMARTS) is 1. The van der Waals surface area contributed by atoms with Crippen LogP contribution in [0, 0.1) is 5.41 Å². The number of carboxylic acids is 1. The lowest BCUT2D eigenvalue weighted by molar-refractivity contribution is -0.133. The first kappa shape index (κ1) is 10.5. The van der Waals surface area contributed by atoms with E-state index in [0.29, 0.717) is 5.70 Å². The summed E-state index contributed by atoms with van der Waals surface area (Å²) >= 11 is 0. The summed E-state index contributed by atoms with van der Waals surface area (Å²) in [5.41, 5.74) is 0.780. The maximum Gasteiger partial charge on any atom is 0.335 e. The van der Waals surface area contributed by atoms with E-state index in [2.05, 4.69) is 0 Å². The number of hydrogen-bond acceptors (Lipinski definition) is 3. The van der Waals surface area contributed by atoms with Gasteiger partial charge in [0, 0.05) is 12.7 Å². The normalized spacial score (nSPS) is 23.1. The molecule has 0 amide bonds. The summed E-state index contributed by atoms with van der Waals surface area (Å²) in [5, 5.41) is 17.7. The molecule has 14 heavy (non-hydrogen) atoms. The monoisotopic (exact) mass is 198 g/mol. The topological polar surface area (TPSA) is 93.6 Å². The molecule has 0 bridgehead atoms. The molecule has 78 valence electrons. The molecule has 1 heterocycles. The minimum Gasteiger partial charge on any atom is -0.478 e. The number of nitrogens with one attached hydrogen (secondary N) is 1. The molecule has 0 aromatic carbocycles. The Labute approximate surface area is 82.1 Å². The summed E-state index contributed by atoms with van der Waals surface area (Å²) in [7, 11) is 1.62. The predicted octanol–water partition coefficient (Wildman–Crippen LogP) is -0.211. The third-order valence-corrected chi connectivity index (χ3v) is 2.52. The fraction of sp³-hybridized carbons (Fsp3) is 0.500. The minimum atomic E-state index is -0.996. The zero-order valence-electron chi connectivity index (χ0n) is 8.40. The van der Waals surface area contributed by atoms with Gasteiger partial charge in [-0.1, -0.05) is 0 Å². The highest BCUT2D eigenvalue weighted by Crippen LogP contribution is 2.21. The van der Waals surface area contributed by atoms with Gasteiger partial charge in [0.15, 0.2) is 0 Å². The van der Waals surface area contributed by atoms with Crippen molar-refractivity contribution in [2.24, 2.45) is 5.84 Å². The van der Waals surface area contributed by atoms with E-state index in [0.717, 1.165) is 5.01 Å². The van der Waals surface area contributed by atoms with Crippen LogP contribution in [0.5, 0.6) is 0 Å². The van der Waals surface area contributed by atoms with Gasteiger partial charge >= 0.3 is 5.97 Å². The Morgan fingerprint density at radius 1 is 1.64 bits per heavy atom. The van der Waals surface area contributed by atoms with Gasteiger partial charge in [0.2, 0.25) is 5.96 Å². The Morgan fingerprint density at radius 3 is 2.57 bits per heavy atom. The Bertz CT molecular complexity index is 323. The summed E-state index contributed by atoms with van der Waals surface area (Å²) in [6, 6.07) is -0.476. The zero-order valence-corrected chi connectivity index (χ0v) is 8.40. The van der Waals surface area contributed by atoms with Crippen LogP contribution in [0.1, 0.15) is 13.8 Å². The highest BCUT2D eigenvalue weighted by molar-refractivity contribution is 5.93. The summed E-state index contributed by atoms with van der Waals surface area (Å²) < 4.78 is 0. The van der Waals surface area contributed by atoms with Crippen LogP contribution < -0.4 is 5.84 Å². The lowest BCUT2D eigenvalue weighted by Crippen LogP contribution is -2.55. The highest BCUT2D eigenvalue weighted by Gasteiger charge is 2.33. The number of hydrazine groups is 1. The van der Waals surface area contributed by atoms with Crippen molar-refractivity contribution in [3.05, 3.63) is 11.3 Å². The molecule has 0 saturated heterocycles. The van der Waals surface area contributed by atoms with Crippen molar-refractivity contribution in [3.8, 4) is 0 Å². The van der Waals surface area contributed by atoms with Gasteiger partial charge in [-0.2, -0.15) is 0 Å². The van der Waals surface area contributed by atoms with Crippen molar-refractivity contribution >= 4 is 11.9 Å². The van der Waals surface area contributed by atoms with Gasteiger partial charge in [-0.25, -0.2) is 10.6 Å². The first-order valence-electron chi connectivity index (χ1n) is 4.18. The van der Waals surface area contributed by atoms with E-state index in [1.54, 1.807) is 20.9 Å². The van der Waals surface area contributed by atoms with Crippen molar-refractivity contribution < 1.29 is 9.90 Å². The number of nitrogens with two attached hydrogens (primary N) is 1. The number of allylic oxidation sites excluding steroid dienone is 1. The van der Waals surface area contributed by atoms with E-state index in [9.17, 15) is 4.79 Å². The van der Waals surface area contributed by atoms with Crippen molar-refractivity contribution in [1.82, 2.24) is 9.91 Å². The molecule has 6 nitrogen and oxygen atoms in total. The standard InChI is InChI=1S/C8H14N4O2/c1-4-6(7(13)14)5(2)12(10)8(9)11(4)3/h5,9H,10H2,1-3H3,(H,13,14)/t5-/m0/s1. The van der Waals surface area contributed by atoms with Gasteiger partial charge in [0.05, 0.1) is 11.6 Å². The van der Waals surface area contributed by atoms with Gasteiger partial charge < -0.3 is 10.0 Å². The van der Waals surface area contributed by atoms with E-state index in [1.807, 2.05) is 0 Å². The molecule has 6 heteroatoms. The van der Waals surface area contributed by atoms with Gasteiger partial charge in [-0.15, -0.1) is 0 Å². The second kappa shape index (κ2) is 3.30. The van der Waals surface area contributed by atoms with Crippen molar-refractivity contribution in [1.29, 1.82) is 5.41 Å². The predicted molar refractivity (Wildman–Crippen MR) is 51.3 cm³/mol. The molecule has 0 aliphatic carbocycles. The molecule has 0 aromatic rings. The van der Waals surface area contributed by atoms with E-state index >= 15 is 0 Å². The molecule has 0 spiro atoms. The number of nitrogens with zero attached hydrogens (tertiary/aromatic N) is 2. The van der Waals surface area contributed by atoms with Crippen LogP contribution in [0.25, 0.3) is 0 Å². The van der Waals surface area contributed by atoms with Crippen LogP contribution in [0.2, 0.25) is 0 Å². The van der Waals surface area contributed by atoms with E-state index in [1.165, 1.54) is 4.90 Å². The molecule has 0 fully saturated rings. The lowest BCUT2D eigenvalue weighted by Gasteiger charge is -2.38. The average molecular weight is 198 g/mol. The number of carbonyl (C=O) groups is 1. The van der Waals surface area contributed by atoms with Crippen molar-refractivity contribution in [2.45, 2.75) is 19.9 Å². The van der Waals surface area contributed by atoms with Gasteiger partial charge in [0.1, 0.15) is 0 Å². The lowest BCUT2D eigenvalue weighted by atomic mass is 10.0. The minimum absolute atomic E-state index is 0.0972. The molecule has 1 aliphatic rings. The van der Waals surface area contributed by atoms with E-state index in [4.69, 9.17) is 16.4 Å². The van der Waals surface area contributed by atoms with Gasteiger partial charge in [-0.3, -0.25) is 10.4 Å². The maximum absolute atomic E-state index is 10.9. The third-order valence-electron chi connectivity index (χ3n) is 2.52. The number of guanidine groups is 1. The van der Waals surface area contributed by atoms with Crippen LogP contribution in [-0.4, -0.2) is 40.0 Å². The van der Waals surface area contributed by atoms with Crippen LogP contribution in [-0.2, 0) is 4.79 Å². The maximum atomic E-state index is 10.9. The summed E-state index contributed by atoms with van der Waals surface area (Å²) in [4.78, 5) is 12.4. The molecule has 0 aromatic heterocycles.